The molecule has 1 N–H and O–H groups in total. The number of furan rings is 1. The number of fused-ring (bicyclic) bond motifs is 1. The smallest absolute Gasteiger partial charge is 0.234 e. The summed E-state index contributed by atoms with van der Waals surface area (Å²) in [5, 5.41) is 13.5. The fourth-order valence-corrected chi connectivity index (χ4v) is 4.75. The number of benzene rings is 2. The number of nitrogens with zero attached hydrogens (tertiary/aromatic N) is 3. The highest BCUT2D eigenvalue weighted by Gasteiger charge is 2.17. The Labute approximate surface area is 199 Å². The third-order valence-electron chi connectivity index (χ3n) is 4.14. The van der Waals surface area contributed by atoms with E-state index in [0.29, 0.717) is 27.5 Å². The molecule has 0 saturated heterocycles. The Morgan fingerprint density at radius 1 is 1.17 bits per heavy atom. The summed E-state index contributed by atoms with van der Waals surface area (Å²) in [5.41, 5.74) is 1.07. The molecule has 2 aromatic carbocycles. The number of hydrogen-bond donors (Lipinski definition) is 1. The minimum absolute atomic E-state index is 0.0916. The van der Waals surface area contributed by atoms with Crippen molar-refractivity contribution in [3.63, 3.8) is 0 Å². The topological polar surface area (TPSA) is 73.0 Å². The van der Waals surface area contributed by atoms with Crippen LogP contribution in [0.2, 0.25) is 15.1 Å². The molecule has 0 unspecified atom stereocenters. The van der Waals surface area contributed by atoms with Gasteiger partial charge in [-0.05, 0) is 36.4 Å². The minimum atomic E-state index is -0.288. The molecule has 4 aromatic rings. The molecular weight excluding hydrogens is 535 g/mol. The van der Waals surface area contributed by atoms with Crippen LogP contribution < -0.4 is 5.32 Å². The fourth-order valence-electron chi connectivity index (χ4n) is 2.75. The van der Waals surface area contributed by atoms with Crippen molar-refractivity contribution in [2.45, 2.75) is 5.16 Å². The summed E-state index contributed by atoms with van der Waals surface area (Å²) in [6.45, 7) is 0. The number of carbonyl (C=O) groups is 1. The maximum atomic E-state index is 12.3. The van der Waals surface area contributed by atoms with E-state index in [1.54, 1.807) is 4.57 Å². The zero-order valence-electron chi connectivity index (χ0n) is 15.2. The van der Waals surface area contributed by atoms with Gasteiger partial charge in [-0.1, -0.05) is 62.5 Å². The average Bonchev–Trinajstić information content (AvgIpc) is 3.25. The zero-order chi connectivity index (χ0) is 21.4. The second-order valence-electron chi connectivity index (χ2n) is 6.24. The Balaban J connectivity index is 1.47. The molecule has 1 amide bonds. The molecular formula is C19H12BrCl3N4O2S. The average molecular weight is 547 g/mol. The molecule has 0 aliphatic heterocycles. The maximum absolute atomic E-state index is 12.3. The van der Waals surface area contributed by atoms with Crippen LogP contribution in [-0.4, -0.2) is 26.4 Å². The van der Waals surface area contributed by atoms with Crippen LogP contribution in [0.4, 0.5) is 5.69 Å². The first kappa shape index (κ1) is 21.5. The monoisotopic (exact) mass is 544 g/mol. The fraction of sp³-hybridized carbons (Fsp3) is 0.105. The Kier molecular flexibility index (Phi) is 6.31. The predicted octanol–water partition coefficient (Wildman–Crippen LogP) is 6.68. The molecule has 4 rings (SSSR count). The van der Waals surface area contributed by atoms with E-state index in [1.807, 2.05) is 31.3 Å². The molecule has 2 heterocycles. The third kappa shape index (κ3) is 4.48. The van der Waals surface area contributed by atoms with Gasteiger partial charge in [0.05, 0.1) is 21.5 Å². The number of anilines is 1. The molecule has 0 aliphatic carbocycles. The van der Waals surface area contributed by atoms with Gasteiger partial charge in [0.2, 0.25) is 5.91 Å². The van der Waals surface area contributed by atoms with Crippen molar-refractivity contribution in [2.75, 3.05) is 11.1 Å². The highest BCUT2D eigenvalue weighted by Crippen LogP contribution is 2.34. The lowest BCUT2D eigenvalue weighted by atomic mass is 10.2. The Morgan fingerprint density at radius 3 is 2.63 bits per heavy atom. The van der Waals surface area contributed by atoms with Crippen molar-refractivity contribution < 1.29 is 9.21 Å². The van der Waals surface area contributed by atoms with Gasteiger partial charge in [-0.15, -0.1) is 10.2 Å². The Hall–Kier alpha value is -1.71. The van der Waals surface area contributed by atoms with Crippen molar-refractivity contribution in [1.29, 1.82) is 0 Å². The number of amides is 1. The SMILES string of the molecule is Cn1c(SCC(=O)Nc2c(Cl)cc(Cl)cc2Cl)nnc1-c1cc2cc(Br)ccc2o1. The number of carbonyl (C=O) groups excluding carboxylic acids is 1. The van der Waals surface area contributed by atoms with Crippen LogP contribution in [-0.2, 0) is 11.8 Å². The van der Waals surface area contributed by atoms with E-state index in [4.69, 9.17) is 39.2 Å². The summed E-state index contributed by atoms with van der Waals surface area (Å²) in [6.07, 6.45) is 0. The van der Waals surface area contributed by atoms with Gasteiger partial charge >= 0.3 is 0 Å². The van der Waals surface area contributed by atoms with Gasteiger partial charge < -0.3 is 14.3 Å². The van der Waals surface area contributed by atoms with Crippen molar-refractivity contribution in [1.82, 2.24) is 14.8 Å². The largest absolute Gasteiger partial charge is 0.453 e. The number of aromatic nitrogens is 3. The number of nitrogens with one attached hydrogen (secondary N) is 1. The molecule has 30 heavy (non-hydrogen) atoms. The van der Waals surface area contributed by atoms with Gasteiger partial charge in [-0.2, -0.15) is 0 Å². The molecule has 2 aromatic heterocycles. The highest BCUT2D eigenvalue weighted by atomic mass is 79.9. The molecule has 0 saturated carbocycles. The third-order valence-corrected chi connectivity index (χ3v) is 6.47. The van der Waals surface area contributed by atoms with E-state index < -0.39 is 0 Å². The normalized spacial score (nSPS) is 11.2. The van der Waals surface area contributed by atoms with Crippen LogP contribution in [0.1, 0.15) is 0 Å². The molecule has 154 valence electrons. The quantitative estimate of drug-likeness (QED) is 0.283. The van der Waals surface area contributed by atoms with Crippen molar-refractivity contribution in [2.24, 2.45) is 7.05 Å². The first-order chi connectivity index (χ1) is 14.3. The van der Waals surface area contributed by atoms with Crippen LogP contribution in [0.3, 0.4) is 0 Å². The second-order valence-corrected chi connectivity index (χ2v) is 9.35. The van der Waals surface area contributed by atoms with Crippen molar-refractivity contribution >= 4 is 85.1 Å². The lowest BCUT2D eigenvalue weighted by Crippen LogP contribution is -2.15. The van der Waals surface area contributed by atoms with E-state index in [0.717, 1.165) is 15.4 Å². The van der Waals surface area contributed by atoms with Crippen LogP contribution in [0.15, 0.2) is 50.4 Å². The Bertz CT molecular complexity index is 1250. The van der Waals surface area contributed by atoms with Gasteiger partial charge in [0.1, 0.15) is 5.58 Å². The second kappa shape index (κ2) is 8.80. The first-order valence-electron chi connectivity index (χ1n) is 8.48. The summed E-state index contributed by atoms with van der Waals surface area (Å²) in [5.74, 6) is 0.960. The number of thioether (sulfide) groups is 1. The van der Waals surface area contributed by atoms with Gasteiger partial charge in [0.15, 0.2) is 16.7 Å². The van der Waals surface area contributed by atoms with Gasteiger partial charge in [-0.3, -0.25) is 4.79 Å². The number of halogens is 4. The summed E-state index contributed by atoms with van der Waals surface area (Å²) in [4.78, 5) is 12.3. The summed E-state index contributed by atoms with van der Waals surface area (Å²) < 4.78 is 8.60. The summed E-state index contributed by atoms with van der Waals surface area (Å²) in [7, 11) is 1.81. The van der Waals surface area contributed by atoms with Crippen molar-refractivity contribution in [3.8, 4) is 11.6 Å². The lowest BCUT2D eigenvalue weighted by molar-refractivity contribution is -0.113. The van der Waals surface area contributed by atoms with E-state index >= 15 is 0 Å². The lowest BCUT2D eigenvalue weighted by Gasteiger charge is -2.09. The van der Waals surface area contributed by atoms with E-state index in [9.17, 15) is 4.79 Å². The highest BCUT2D eigenvalue weighted by molar-refractivity contribution is 9.10. The van der Waals surface area contributed by atoms with Gasteiger partial charge in [-0.25, -0.2) is 0 Å². The zero-order valence-corrected chi connectivity index (χ0v) is 19.9. The molecule has 0 spiro atoms. The van der Waals surface area contributed by atoms with Crippen LogP contribution in [0, 0.1) is 0 Å². The molecule has 6 nitrogen and oxygen atoms in total. The standard InChI is InChI=1S/C19H12BrCl3N4O2S/c1-27-18(15-5-9-4-10(20)2-3-14(9)29-15)25-26-19(27)30-8-16(28)24-17-12(22)6-11(21)7-13(17)23/h2-7H,8H2,1H3,(H,24,28). The molecule has 0 aliphatic rings. The van der Waals surface area contributed by atoms with E-state index in [1.165, 1.54) is 23.9 Å². The maximum Gasteiger partial charge on any atom is 0.234 e. The first-order valence-corrected chi connectivity index (χ1v) is 11.4. The molecule has 0 radical (unpaired) electrons. The molecule has 0 bridgehead atoms. The number of hydrogen-bond acceptors (Lipinski definition) is 5. The minimum Gasteiger partial charge on any atom is -0.453 e. The molecule has 0 atom stereocenters. The predicted molar refractivity (Wildman–Crippen MR) is 125 cm³/mol. The molecule has 0 fully saturated rings. The van der Waals surface area contributed by atoms with Crippen molar-refractivity contribution in [3.05, 3.63) is 55.9 Å². The van der Waals surface area contributed by atoms with Gasteiger partial charge in [0.25, 0.3) is 0 Å². The summed E-state index contributed by atoms with van der Waals surface area (Å²) in [6, 6.07) is 10.7. The van der Waals surface area contributed by atoms with Crippen LogP contribution in [0.5, 0.6) is 0 Å². The van der Waals surface area contributed by atoms with E-state index in [2.05, 4.69) is 31.4 Å². The summed E-state index contributed by atoms with van der Waals surface area (Å²) >= 11 is 22.8. The Morgan fingerprint density at radius 2 is 1.90 bits per heavy atom. The van der Waals surface area contributed by atoms with Gasteiger partial charge in [0, 0.05) is 21.9 Å². The van der Waals surface area contributed by atoms with Crippen LogP contribution in [0.25, 0.3) is 22.6 Å². The molecule has 11 heteroatoms. The van der Waals surface area contributed by atoms with Crippen LogP contribution >= 0.6 is 62.5 Å². The van der Waals surface area contributed by atoms with E-state index in [-0.39, 0.29) is 21.7 Å². The number of rotatable bonds is 5.